The van der Waals surface area contributed by atoms with Crippen molar-refractivity contribution in [2.24, 2.45) is 0 Å². The van der Waals surface area contributed by atoms with Gasteiger partial charge in [-0.05, 0) is 23.8 Å². The SMILES string of the molecule is O=[N+]([O-])c1cccc(Cl)c1-c1cccc(Br)c1. The molecule has 0 fully saturated rings. The first kappa shape index (κ1) is 12.1. The number of hydrogen-bond acceptors (Lipinski definition) is 2. The lowest BCUT2D eigenvalue weighted by atomic mass is 10.0. The van der Waals surface area contributed by atoms with E-state index in [9.17, 15) is 10.1 Å². The number of hydrogen-bond donors (Lipinski definition) is 0. The molecular weight excluding hydrogens is 305 g/mol. The molecule has 0 saturated carbocycles. The highest BCUT2D eigenvalue weighted by Crippen LogP contribution is 2.36. The fourth-order valence-corrected chi connectivity index (χ4v) is 2.27. The number of halogens is 2. The zero-order valence-corrected chi connectivity index (χ0v) is 10.9. The maximum Gasteiger partial charge on any atom is 0.278 e. The Bertz CT molecular complexity index is 586. The topological polar surface area (TPSA) is 43.1 Å². The smallest absolute Gasteiger partial charge is 0.258 e. The molecule has 0 radical (unpaired) electrons. The Morgan fingerprint density at radius 2 is 1.88 bits per heavy atom. The highest BCUT2D eigenvalue weighted by atomic mass is 79.9. The van der Waals surface area contributed by atoms with E-state index in [-0.39, 0.29) is 5.69 Å². The first-order valence-electron chi connectivity index (χ1n) is 4.78. The summed E-state index contributed by atoms with van der Waals surface area (Å²) in [5.74, 6) is 0. The van der Waals surface area contributed by atoms with Crippen molar-refractivity contribution in [3.05, 3.63) is 62.1 Å². The fraction of sp³-hybridized carbons (Fsp3) is 0. The van der Waals surface area contributed by atoms with Crippen LogP contribution in [0.3, 0.4) is 0 Å². The van der Waals surface area contributed by atoms with E-state index >= 15 is 0 Å². The summed E-state index contributed by atoms with van der Waals surface area (Å²) < 4.78 is 0.851. The average Bonchev–Trinajstić information content (AvgIpc) is 2.28. The van der Waals surface area contributed by atoms with Gasteiger partial charge in [-0.25, -0.2) is 0 Å². The highest BCUT2D eigenvalue weighted by molar-refractivity contribution is 9.10. The van der Waals surface area contributed by atoms with E-state index in [1.807, 2.05) is 12.1 Å². The largest absolute Gasteiger partial charge is 0.278 e. The van der Waals surface area contributed by atoms with E-state index in [0.29, 0.717) is 10.6 Å². The van der Waals surface area contributed by atoms with Gasteiger partial charge in [0.1, 0.15) is 0 Å². The van der Waals surface area contributed by atoms with Crippen LogP contribution in [0.5, 0.6) is 0 Å². The Balaban J connectivity index is 2.70. The summed E-state index contributed by atoms with van der Waals surface area (Å²) in [4.78, 5) is 10.5. The van der Waals surface area contributed by atoms with Crippen LogP contribution in [0.2, 0.25) is 5.02 Å². The maximum absolute atomic E-state index is 11.0. The van der Waals surface area contributed by atoms with E-state index in [2.05, 4.69) is 15.9 Å². The van der Waals surface area contributed by atoms with Gasteiger partial charge in [-0.1, -0.05) is 45.7 Å². The molecule has 0 atom stereocenters. The van der Waals surface area contributed by atoms with Crippen LogP contribution in [0.15, 0.2) is 46.9 Å². The third kappa shape index (κ3) is 2.48. The fourth-order valence-electron chi connectivity index (χ4n) is 1.59. The number of nitro benzene ring substituents is 1. The van der Waals surface area contributed by atoms with Gasteiger partial charge < -0.3 is 0 Å². The molecule has 3 nitrogen and oxygen atoms in total. The number of nitrogens with zero attached hydrogens (tertiary/aromatic N) is 1. The molecule has 0 aromatic heterocycles. The lowest BCUT2D eigenvalue weighted by molar-refractivity contribution is -0.384. The normalized spacial score (nSPS) is 10.2. The van der Waals surface area contributed by atoms with Gasteiger partial charge >= 0.3 is 0 Å². The number of benzene rings is 2. The molecule has 0 bridgehead atoms. The van der Waals surface area contributed by atoms with Crippen molar-refractivity contribution >= 4 is 33.2 Å². The predicted molar refractivity (Wildman–Crippen MR) is 71.2 cm³/mol. The van der Waals surface area contributed by atoms with Crippen LogP contribution in [0.4, 0.5) is 5.69 Å². The summed E-state index contributed by atoms with van der Waals surface area (Å²) in [6, 6.07) is 11.9. The lowest BCUT2D eigenvalue weighted by Gasteiger charge is -2.05. The van der Waals surface area contributed by atoms with Crippen molar-refractivity contribution in [2.75, 3.05) is 0 Å². The Morgan fingerprint density at radius 3 is 2.53 bits per heavy atom. The van der Waals surface area contributed by atoms with Crippen molar-refractivity contribution in [1.29, 1.82) is 0 Å². The van der Waals surface area contributed by atoms with Crippen LogP contribution in [-0.4, -0.2) is 4.92 Å². The second-order valence-corrected chi connectivity index (χ2v) is 4.72. The van der Waals surface area contributed by atoms with Crippen molar-refractivity contribution in [1.82, 2.24) is 0 Å². The standard InChI is InChI=1S/C12H7BrClNO2/c13-9-4-1-3-8(7-9)12-10(14)5-2-6-11(12)15(16)17/h1-7H. The van der Waals surface area contributed by atoms with Crippen LogP contribution in [0.1, 0.15) is 0 Å². The van der Waals surface area contributed by atoms with Gasteiger partial charge in [0, 0.05) is 10.5 Å². The van der Waals surface area contributed by atoms with Crippen molar-refractivity contribution in [3.8, 4) is 11.1 Å². The summed E-state index contributed by atoms with van der Waals surface area (Å²) in [6.07, 6.45) is 0. The van der Waals surface area contributed by atoms with Gasteiger partial charge in [-0.15, -0.1) is 0 Å². The van der Waals surface area contributed by atoms with Crippen LogP contribution in [0.25, 0.3) is 11.1 Å². The van der Waals surface area contributed by atoms with Crippen LogP contribution >= 0.6 is 27.5 Å². The summed E-state index contributed by atoms with van der Waals surface area (Å²) in [5.41, 5.74) is 1.17. The molecule has 0 spiro atoms. The summed E-state index contributed by atoms with van der Waals surface area (Å²) in [5, 5.41) is 11.3. The van der Waals surface area contributed by atoms with E-state index in [1.54, 1.807) is 24.3 Å². The van der Waals surface area contributed by atoms with Crippen LogP contribution in [-0.2, 0) is 0 Å². The van der Waals surface area contributed by atoms with E-state index in [4.69, 9.17) is 11.6 Å². The highest BCUT2D eigenvalue weighted by Gasteiger charge is 2.18. The lowest BCUT2D eigenvalue weighted by Crippen LogP contribution is -1.92. The molecule has 0 saturated heterocycles. The molecule has 0 N–H and O–H groups in total. The molecule has 0 heterocycles. The number of rotatable bonds is 2. The molecule has 17 heavy (non-hydrogen) atoms. The first-order valence-corrected chi connectivity index (χ1v) is 5.95. The second-order valence-electron chi connectivity index (χ2n) is 3.40. The van der Waals surface area contributed by atoms with Crippen LogP contribution < -0.4 is 0 Å². The molecule has 2 aromatic carbocycles. The van der Waals surface area contributed by atoms with Gasteiger partial charge in [0.15, 0.2) is 0 Å². The van der Waals surface area contributed by atoms with Gasteiger partial charge in [-0.3, -0.25) is 10.1 Å². The molecule has 0 amide bonds. The minimum atomic E-state index is -0.428. The number of nitro groups is 1. The Hall–Kier alpha value is -1.39. The van der Waals surface area contributed by atoms with Crippen molar-refractivity contribution in [3.63, 3.8) is 0 Å². The molecule has 0 aliphatic carbocycles. The van der Waals surface area contributed by atoms with E-state index in [0.717, 1.165) is 10.0 Å². The van der Waals surface area contributed by atoms with Crippen molar-refractivity contribution in [2.45, 2.75) is 0 Å². The first-order chi connectivity index (χ1) is 8.09. The molecule has 86 valence electrons. The summed E-state index contributed by atoms with van der Waals surface area (Å²) in [7, 11) is 0. The molecule has 0 aliphatic heterocycles. The zero-order valence-electron chi connectivity index (χ0n) is 8.56. The molecule has 5 heteroatoms. The third-order valence-corrected chi connectivity index (χ3v) is 3.11. The third-order valence-electron chi connectivity index (χ3n) is 2.30. The minimum Gasteiger partial charge on any atom is -0.258 e. The minimum absolute atomic E-state index is 0.00981. The second kappa shape index (κ2) is 4.85. The Kier molecular flexibility index (Phi) is 3.45. The van der Waals surface area contributed by atoms with Crippen LogP contribution in [0, 0.1) is 10.1 Å². The van der Waals surface area contributed by atoms with Crippen molar-refractivity contribution < 1.29 is 4.92 Å². The van der Waals surface area contributed by atoms with Gasteiger partial charge in [0.2, 0.25) is 0 Å². The predicted octanol–water partition coefficient (Wildman–Crippen LogP) is 4.68. The molecule has 0 unspecified atom stereocenters. The van der Waals surface area contributed by atoms with Gasteiger partial charge in [-0.2, -0.15) is 0 Å². The van der Waals surface area contributed by atoms with E-state index in [1.165, 1.54) is 6.07 Å². The van der Waals surface area contributed by atoms with E-state index < -0.39 is 4.92 Å². The Morgan fingerprint density at radius 1 is 1.18 bits per heavy atom. The Labute approximate surface area is 111 Å². The summed E-state index contributed by atoms with van der Waals surface area (Å²) in [6.45, 7) is 0. The van der Waals surface area contributed by atoms with Gasteiger partial charge in [0.05, 0.1) is 15.5 Å². The molecule has 2 aromatic rings. The zero-order chi connectivity index (χ0) is 12.4. The maximum atomic E-state index is 11.0. The summed E-state index contributed by atoms with van der Waals surface area (Å²) >= 11 is 9.37. The average molecular weight is 313 g/mol. The molecule has 2 rings (SSSR count). The molecular formula is C12H7BrClNO2. The molecule has 0 aliphatic rings. The van der Waals surface area contributed by atoms with Gasteiger partial charge in [0.25, 0.3) is 5.69 Å². The monoisotopic (exact) mass is 311 g/mol. The quantitative estimate of drug-likeness (QED) is 0.597.